The number of benzene rings is 2. The highest BCUT2D eigenvalue weighted by atomic mass is 79.9. The van der Waals surface area contributed by atoms with Crippen molar-refractivity contribution in [3.05, 3.63) is 59.9 Å². The zero-order valence-corrected chi connectivity index (χ0v) is 11.1. The van der Waals surface area contributed by atoms with Crippen LogP contribution < -0.4 is 4.90 Å². The minimum atomic E-state index is -0.209. The van der Waals surface area contributed by atoms with Gasteiger partial charge in [-0.15, -0.1) is 0 Å². The van der Waals surface area contributed by atoms with Gasteiger partial charge in [-0.2, -0.15) is 0 Å². The van der Waals surface area contributed by atoms with Crippen LogP contribution in [0.2, 0.25) is 0 Å². The van der Waals surface area contributed by atoms with Crippen molar-refractivity contribution in [1.82, 2.24) is 0 Å². The van der Waals surface area contributed by atoms with Crippen molar-refractivity contribution in [1.29, 1.82) is 0 Å². The van der Waals surface area contributed by atoms with Gasteiger partial charge in [-0.25, -0.2) is 4.39 Å². The van der Waals surface area contributed by atoms with E-state index >= 15 is 0 Å². The van der Waals surface area contributed by atoms with Crippen molar-refractivity contribution in [2.24, 2.45) is 0 Å². The first-order valence-corrected chi connectivity index (χ1v) is 6.47. The summed E-state index contributed by atoms with van der Waals surface area (Å²) in [5, 5.41) is 0.830. The maximum absolute atomic E-state index is 13.6. The molecule has 0 unspecified atom stereocenters. The van der Waals surface area contributed by atoms with E-state index in [0.717, 1.165) is 11.0 Å². The molecule has 3 heteroatoms. The van der Waals surface area contributed by atoms with Crippen LogP contribution in [0.1, 0.15) is 5.56 Å². The SMILES string of the molecule is CN(c1ccc(CBr)cc1)c1ccccc1F. The van der Waals surface area contributed by atoms with Gasteiger partial charge >= 0.3 is 0 Å². The Morgan fingerprint density at radius 1 is 1.06 bits per heavy atom. The number of hydrogen-bond acceptors (Lipinski definition) is 1. The van der Waals surface area contributed by atoms with Crippen molar-refractivity contribution < 1.29 is 4.39 Å². The second-order valence-electron chi connectivity index (χ2n) is 3.81. The van der Waals surface area contributed by atoms with Crippen molar-refractivity contribution in [2.75, 3.05) is 11.9 Å². The van der Waals surface area contributed by atoms with Gasteiger partial charge in [-0.05, 0) is 29.8 Å². The van der Waals surface area contributed by atoms with E-state index in [2.05, 4.69) is 15.9 Å². The Balaban J connectivity index is 2.30. The first-order chi connectivity index (χ1) is 8.22. The fourth-order valence-corrected chi connectivity index (χ4v) is 2.05. The highest BCUT2D eigenvalue weighted by Crippen LogP contribution is 2.26. The fourth-order valence-electron chi connectivity index (χ4n) is 1.67. The molecule has 0 fully saturated rings. The Morgan fingerprint density at radius 3 is 2.29 bits per heavy atom. The summed E-state index contributed by atoms with van der Waals surface area (Å²) in [5.74, 6) is -0.209. The molecule has 17 heavy (non-hydrogen) atoms. The van der Waals surface area contributed by atoms with E-state index in [1.165, 1.54) is 11.6 Å². The molecule has 0 N–H and O–H groups in total. The number of nitrogens with zero attached hydrogens (tertiary/aromatic N) is 1. The smallest absolute Gasteiger partial charge is 0.146 e. The summed E-state index contributed by atoms with van der Waals surface area (Å²) in [6.45, 7) is 0. The highest BCUT2D eigenvalue weighted by molar-refractivity contribution is 9.08. The van der Waals surface area contributed by atoms with Crippen LogP contribution in [0.3, 0.4) is 0 Å². The topological polar surface area (TPSA) is 3.24 Å². The summed E-state index contributed by atoms with van der Waals surface area (Å²) in [5.41, 5.74) is 2.76. The van der Waals surface area contributed by atoms with Crippen molar-refractivity contribution in [2.45, 2.75) is 5.33 Å². The molecule has 1 nitrogen and oxygen atoms in total. The average Bonchev–Trinajstić information content (AvgIpc) is 2.39. The summed E-state index contributed by atoms with van der Waals surface area (Å²) < 4.78 is 13.6. The number of alkyl halides is 1. The molecule has 2 aromatic carbocycles. The minimum Gasteiger partial charge on any atom is -0.342 e. The molecule has 0 saturated heterocycles. The van der Waals surface area contributed by atoms with Gasteiger partial charge in [0.2, 0.25) is 0 Å². The van der Waals surface area contributed by atoms with Crippen LogP contribution in [0, 0.1) is 5.82 Å². The molecule has 0 atom stereocenters. The fraction of sp³-hybridized carbons (Fsp3) is 0.143. The maximum Gasteiger partial charge on any atom is 0.146 e. The van der Waals surface area contributed by atoms with Gasteiger partial charge < -0.3 is 4.90 Å². The number of para-hydroxylation sites is 1. The van der Waals surface area contributed by atoms with Gasteiger partial charge in [0, 0.05) is 18.1 Å². The summed E-state index contributed by atoms with van der Waals surface area (Å²) in [4.78, 5) is 1.84. The van der Waals surface area contributed by atoms with Crippen LogP contribution in [-0.2, 0) is 5.33 Å². The lowest BCUT2D eigenvalue weighted by Gasteiger charge is -2.20. The van der Waals surface area contributed by atoms with Crippen LogP contribution >= 0.6 is 15.9 Å². The van der Waals surface area contributed by atoms with E-state index in [0.29, 0.717) is 5.69 Å². The van der Waals surface area contributed by atoms with Gasteiger partial charge in [0.25, 0.3) is 0 Å². The third-order valence-electron chi connectivity index (χ3n) is 2.69. The zero-order chi connectivity index (χ0) is 12.3. The molecule has 0 radical (unpaired) electrons. The normalized spacial score (nSPS) is 10.3. The molecule has 0 spiro atoms. The molecule has 0 heterocycles. The monoisotopic (exact) mass is 293 g/mol. The lowest BCUT2D eigenvalue weighted by atomic mass is 10.2. The maximum atomic E-state index is 13.6. The Hall–Kier alpha value is -1.35. The molecular weight excluding hydrogens is 281 g/mol. The standard InChI is InChI=1S/C14H13BrFN/c1-17(14-5-3-2-4-13(14)16)12-8-6-11(10-15)7-9-12/h2-9H,10H2,1H3. The number of rotatable bonds is 3. The summed E-state index contributed by atoms with van der Waals surface area (Å²) in [6, 6.07) is 14.8. The van der Waals surface area contributed by atoms with Crippen molar-refractivity contribution in [3.63, 3.8) is 0 Å². The molecular formula is C14H13BrFN. The summed E-state index contributed by atoms with van der Waals surface area (Å²) >= 11 is 3.40. The van der Waals surface area contributed by atoms with Crippen LogP contribution in [0.4, 0.5) is 15.8 Å². The van der Waals surface area contributed by atoms with Crippen LogP contribution in [0.15, 0.2) is 48.5 Å². The first-order valence-electron chi connectivity index (χ1n) is 5.35. The van der Waals surface area contributed by atoms with Gasteiger partial charge in [0.05, 0.1) is 5.69 Å². The largest absolute Gasteiger partial charge is 0.342 e. The molecule has 0 aliphatic heterocycles. The Bertz CT molecular complexity index is 496. The van der Waals surface area contributed by atoms with E-state index in [1.54, 1.807) is 12.1 Å². The van der Waals surface area contributed by atoms with E-state index in [-0.39, 0.29) is 5.82 Å². The van der Waals surface area contributed by atoms with Crippen molar-refractivity contribution in [3.8, 4) is 0 Å². The number of halogens is 2. The minimum absolute atomic E-state index is 0.209. The second kappa shape index (κ2) is 5.32. The number of anilines is 2. The molecule has 0 amide bonds. The van der Waals surface area contributed by atoms with Crippen LogP contribution in [0.5, 0.6) is 0 Å². The molecule has 0 aliphatic rings. The van der Waals surface area contributed by atoms with Crippen LogP contribution in [-0.4, -0.2) is 7.05 Å². The molecule has 0 aliphatic carbocycles. The third kappa shape index (κ3) is 2.67. The van der Waals surface area contributed by atoms with E-state index in [9.17, 15) is 4.39 Å². The average molecular weight is 294 g/mol. The number of hydrogen-bond donors (Lipinski definition) is 0. The van der Waals surface area contributed by atoms with E-state index in [1.807, 2.05) is 42.3 Å². The molecule has 88 valence electrons. The Labute approximate surface area is 109 Å². The lowest BCUT2D eigenvalue weighted by Crippen LogP contribution is -2.10. The van der Waals surface area contributed by atoms with E-state index in [4.69, 9.17) is 0 Å². The summed E-state index contributed by atoms with van der Waals surface area (Å²) in [7, 11) is 1.86. The predicted octanol–water partition coefficient (Wildman–Crippen LogP) is 4.49. The first kappa shape index (κ1) is 12.1. The van der Waals surface area contributed by atoms with Crippen LogP contribution in [0.25, 0.3) is 0 Å². The Morgan fingerprint density at radius 2 is 1.71 bits per heavy atom. The quantitative estimate of drug-likeness (QED) is 0.754. The zero-order valence-electron chi connectivity index (χ0n) is 9.53. The van der Waals surface area contributed by atoms with Gasteiger partial charge in [0.1, 0.15) is 5.82 Å². The molecule has 2 aromatic rings. The second-order valence-corrected chi connectivity index (χ2v) is 4.37. The van der Waals surface area contributed by atoms with Gasteiger partial charge in [-0.3, -0.25) is 0 Å². The summed E-state index contributed by atoms with van der Waals surface area (Å²) in [6.07, 6.45) is 0. The predicted molar refractivity (Wildman–Crippen MR) is 73.5 cm³/mol. The molecule has 0 saturated carbocycles. The molecule has 0 bridgehead atoms. The lowest BCUT2D eigenvalue weighted by molar-refractivity contribution is 0.627. The van der Waals surface area contributed by atoms with E-state index < -0.39 is 0 Å². The molecule has 0 aromatic heterocycles. The third-order valence-corrected chi connectivity index (χ3v) is 3.34. The highest BCUT2D eigenvalue weighted by Gasteiger charge is 2.08. The van der Waals surface area contributed by atoms with Gasteiger partial charge in [0.15, 0.2) is 0 Å². The Kier molecular flexibility index (Phi) is 3.79. The van der Waals surface area contributed by atoms with Crippen molar-refractivity contribution >= 4 is 27.3 Å². The molecule has 2 rings (SSSR count). The van der Waals surface area contributed by atoms with Gasteiger partial charge in [-0.1, -0.05) is 40.2 Å².